The highest BCUT2D eigenvalue weighted by molar-refractivity contribution is 7.09. The van der Waals surface area contributed by atoms with Gasteiger partial charge in [0.25, 0.3) is 0 Å². The molecule has 0 saturated carbocycles. The van der Waals surface area contributed by atoms with Crippen LogP contribution < -0.4 is 4.90 Å². The lowest BCUT2D eigenvalue weighted by Gasteiger charge is -2.13. The van der Waals surface area contributed by atoms with Crippen LogP contribution in [-0.2, 0) is 13.0 Å². The van der Waals surface area contributed by atoms with E-state index in [9.17, 15) is 0 Å². The molecule has 2 rings (SSSR count). The van der Waals surface area contributed by atoms with Gasteiger partial charge in [0, 0.05) is 31.5 Å². The first-order chi connectivity index (χ1) is 7.29. The molecule has 0 unspecified atom stereocenters. The quantitative estimate of drug-likeness (QED) is 0.821. The van der Waals surface area contributed by atoms with Crippen molar-refractivity contribution in [2.45, 2.75) is 19.9 Å². The van der Waals surface area contributed by atoms with E-state index in [0.717, 1.165) is 23.9 Å². The monoisotopic (exact) mass is 239 g/mol. The summed E-state index contributed by atoms with van der Waals surface area (Å²) >= 11 is 3.20. The van der Waals surface area contributed by atoms with Crippen molar-refractivity contribution in [2.24, 2.45) is 0 Å². The van der Waals surface area contributed by atoms with E-state index >= 15 is 0 Å². The largest absolute Gasteiger partial charge is 0.346 e. The van der Waals surface area contributed by atoms with Crippen LogP contribution in [0.4, 0.5) is 5.13 Å². The molecule has 3 nitrogen and oxygen atoms in total. The molecule has 0 radical (unpaired) electrons. The van der Waals surface area contributed by atoms with Gasteiger partial charge in [-0.25, -0.2) is 4.98 Å². The number of aromatic nitrogens is 2. The Hall–Kier alpha value is -0.940. The Balaban J connectivity index is 2.04. The summed E-state index contributed by atoms with van der Waals surface area (Å²) in [5, 5.41) is 5.26. The van der Waals surface area contributed by atoms with E-state index in [4.69, 9.17) is 0 Å². The summed E-state index contributed by atoms with van der Waals surface area (Å²) in [5.41, 5.74) is 1.33. The van der Waals surface area contributed by atoms with Crippen molar-refractivity contribution in [3.05, 3.63) is 28.2 Å². The van der Waals surface area contributed by atoms with Gasteiger partial charge in [-0.1, -0.05) is 6.92 Å². The SMILES string of the molecule is CCc1nsc(N(C)Cc2ccsc2)n1. The number of thiophene rings is 1. The highest BCUT2D eigenvalue weighted by Crippen LogP contribution is 2.19. The van der Waals surface area contributed by atoms with E-state index in [0.29, 0.717) is 0 Å². The molecule has 0 saturated heterocycles. The number of anilines is 1. The lowest BCUT2D eigenvalue weighted by Crippen LogP contribution is -2.15. The average molecular weight is 239 g/mol. The summed E-state index contributed by atoms with van der Waals surface area (Å²) in [6.07, 6.45) is 0.906. The van der Waals surface area contributed by atoms with Crippen molar-refractivity contribution in [3.8, 4) is 0 Å². The van der Waals surface area contributed by atoms with E-state index in [1.54, 1.807) is 11.3 Å². The van der Waals surface area contributed by atoms with Crippen LogP contribution in [0.1, 0.15) is 18.3 Å². The van der Waals surface area contributed by atoms with Gasteiger partial charge in [0.2, 0.25) is 5.13 Å². The van der Waals surface area contributed by atoms with E-state index in [-0.39, 0.29) is 0 Å². The minimum atomic E-state index is 0.905. The number of rotatable bonds is 4. The molecule has 0 aromatic carbocycles. The van der Waals surface area contributed by atoms with Crippen LogP contribution in [0.3, 0.4) is 0 Å². The topological polar surface area (TPSA) is 29.0 Å². The first-order valence-corrected chi connectivity index (χ1v) is 6.56. The zero-order valence-corrected chi connectivity index (χ0v) is 10.4. The van der Waals surface area contributed by atoms with Crippen LogP contribution in [0.15, 0.2) is 16.8 Å². The minimum absolute atomic E-state index is 0.905. The predicted octanol–water partition coefficient (Wildman–Crippen LogP) is 2.80. The number of nitrogens with zero attached hydrogens (tertiary/aromatic N) is 3. The van der Waals surface area contributed by atoms with Gasteiger partial charge in [0.1, 0.15) is 5.82 Å². The molecule has 0 aliphatic rings. The third-order valence-electron chi connectivity index (χ3n) is 2.10. The molecule has 0 amide bonds. The maximum atomic E-state index is 4.45. The highest BCUT2D eigenvalue weighted by atomic mass is 32.1. The lowest BCUT2D eigenvalue weighted by atomic mass is 10.3. The van der Waals surface area contributed by atoms with E-state index in [2.05, 4.69) is 45.1 Å². The molecule has 0 fully saturated rings. The Kier molecular flexibility index (Phi) is 3.33. The zero-order valence-electron chi connectivity index (χ0n) is 8.80. The Morgan fingerprint density at radius 2 is 2.33 bits per heavy atom. The first kappa shape index (κ1) is 10.6. The molecular weight excluding hydrogens is 226 g/mol. The molecule has 0 aliphatic heterocycles. The Morgan fingerprint density at radius 1 is 1.47 bits per heavy atom. The molecule has 0 atom stereocenters. The standard InChI is InChI=1S/C10H13N3S2/c1-3-9-11-10(15-12-9)13(2)6-8-4-5-14-7-8/h4-5,7H,3,6H2,1-2H3. The third-order valence-corrected chi connectivity index (χ3v) is 3.70. The maximum absolute atomic E-state index is 4.45. The summed E-state index contributed by atoms with van der Waals surface area (Å²) in [6.45, 7) is 2.98. The molecule has 15 heavy (non-hydrogen) atoms. The van der Waals surface area contributed by atoms with Gasteiger partial charge in [0.15, 0.2) is 0 Å². The van der Waals surface area contributed by atoms with Crippen molar-refractivity contribution >= 4 is 28.0 Å². The molecule has 80 valence electrons. The van der Waals surface area contributed by atoms with Crippen LogP contribution in [0.5, 0.6) is 0 Å². The molecule has 2 aromatic rings. The molecule has 2 heterocycles. The molecular formula is C10H13N3S2. The Bertz CT molecular complexity index is 408. The number of aryl methyl sites for hydroxylation is 1. The van der Waals surface area contributed by atoms with Crippen molar-refractivity contribution < 1.29 is 0 Å². The third kappa shape index (κ3) is 2.54. The molecule has 5 heteroatoms. The van der Waals surface area contributed by atoms with Gasteiger partial charge in [-0.3, -0.25) is 0 Å². The molecule has 0 aliphatic carbocycles. The fourth-order valence-electron chi connectivity index (χ4n) is 1.27. The zero-order chi connectivity index (χ0) is 10.7. The molecule has 0 spiro atoms. The van der Waals surface area contributed by atoms with Gasteiger partial charge < -0.3 is 4.90 Å². The van der Waals surface area contributed by atoms with Gasteiger partial charge in [-0.2, -0.15) is 15.7 Å². The van der Waals surface area contributed by atoms with Crippen LogP contribution in [0.25, 0.3) is 0 Å². The Labute approximate surface area is 97.6 Å². The normalized spacial score (nSPS) is 10.5. The van der Waals surface area contributed by atoms with Crippen molar-refractivity contribution in [1.82, 2.24) is 9.36 Å². The van der Waals surface area contributed by atoms with Gasteiger partial charge in [-0.15, -0.1) is 0 Å². The molecule has 0 bridgehead atoms. The lowest BCUT2D eigenvalue weighted by molar-refractivity contribution is 0.901. The fourth-order valence-corrected chi connectivity index (χ4v) is 2.63. The predicted molar refractivity (Wildman–Crippen MR) is 65.7 cm³/mol. The number of hydrogen-bond donors (Lipinski definition) is 0. The van der Waals surface area contributed by atoms with Crippen molar-refractivity contribution in [1.29, 1.82) is 0 Å². The molecule has 0 N–H and O–H groups in total. The summed E-state index contributed by atoms with van der Waals surface area (Å²) < 4.78 is 4.28. The van der Waals surface area contributed by atoms with E-state index < -0.39 is 0 Å². The highest BCUT2D eigenvalue weighted by Gasteiger charge is 2.08. The van der Waals surface area contributed by atoms with Crippen molar-refractivity contribution in [3.63, 3.8) is 0 Å². The van der Waals surface area contributed by atoms with Crippen LogP contribution >= 0.6 is 22.9 Å². The fraction of sp³-hybridized carbons (Fsp3) is 0.400. The summed E-state index contributed by atoms with van der Waals surface area (Å²) in [7, 11) is 2.05. The maximum Gasteiger partial charge on any atom is 0.205 e. The minimum Gasteiger partial charge on any atom is -0.346 e. The van der Waals surface area contributed by atoms with Gasteiger partial charge in [0.05, 0.1) is 0 Å². The van der Waals surface area contributed by atoms with Gasteiger partial charge in [-0.05, 0) is 22.4 Å². The molecule has 2 aromatic heterocycles. The second-order valence-corrected chi connectivity index (χ2v) is 4.84. The van der Waals surface area contributed by atoms with E-state index in [1.165, 1.54) is 17.1 Å². The summed E-state index contributed by atoms with van der Waals surface area (Å²) in [4.78, 5) is 6.58. The summed E-state index contributed by atoms with van der Waals surface area (Å²) in [6, 6.07) is 2.14. The second kappa shape index (κ2) is 4.72. The Morgan fingerprint density at radius 3 is 2.93 bits per heavy atom. The van der Waals surface area contributed by atoms with Crippen molar-refractivity contribution in [2.75, 3.05) is 11.9 Å². The second-order valence-electron chi connectivity index (χ2n) is 3.33. The van der Waals surface area contributed by atoms with Gasteiger partial charge >= 0.3 is 0 Å². The van der Waals surface area contributed by atoms with Crippen LogP contribution in [-0.4, -0.2) is 16.4 Å². The van der Waals surface area contributed by atoms with E-state index in [1.807, 2.05) is 0 Å². The average Bonchev–Trinajstić information content (AvgIpc) is 2.86. The van der Waals surface area contributed by atoms with Crippen LogP contribution in [0.2, 0.25) is 0 Å². The smallest absolute Gasteiger partial charge is 0.205 e. The first-order valence-electron chi connectivity index (χ1n) is 4.84. The van der Waals surface area contributed by atoms with Crippen LogP contribution in [0, 0.1) is 0 Å². The number of hydrogen-bond acceptors (Lipinski definition) is 5. The summed E-state index contributed by atoms with van der Waals surface area (Å²) in [5.74, 6) is 0.937.